The van der Waals surface area contributed by atoms with Crippen molar-refractivity contribution in [3.05, 3.63) is 17.0 Å². The largest absolute Gasteiger partial charge is 0.379 e. The number of rotatable bonds is 6. The highest BCUT2D eigenvalue weighted by molar-refractivity contribution is 6.29. The lowest BCUT2D eigenvalue weighted by Gasteiger charge is -2.37. The van der Waals surface area contributed by atoms with Crippen LogP contribution in [0.25, 0.3) is 0 Å². The van der Waals surface area contributed by atoms with Crippen LogP contribution in [0.2, 0.25) is 5.15 Å². The average molecular weight is 356 g/mol. The summed E-state index contributed by atoms with van der Waals surface area (Å²) in [6, 6.07) is 2.05. The maximum absolute atomic E-state index is 12.6. The van der Waals surface area contributed by atoms with Gasteiger partial charge in [-0.15, -0.1) is 0 Å². The fourth-order valence-electron chi connectivity index (χ4n) is 3.56. The number of halogens is 1. The lowest BCUT2D eigenvalue weighted by Crippen LogP contribution is -2.46. The van der Waals surface area contributed by atoms with E-state index in [-0.39, 0.29) is 5.91 Å². The standard InChI is InChI=1S/C17H26ClN3O3/c18-16-13-15(24-19-16)4-5-17(22)21-7-2-1-3-14(21)6-8-20-9-11-23-12-10-20/h13-14H,1-12H2/t14-/m1/s1. The highest BCUT2D eigenvalue weighted by Gasteiger charge is 2.27. The molecule has 24 heavy (non-hydrogen) atoms. The molecule has 2 aliphatic rings. The Morgan fingerprint density at radius 1 is 1.29 bits per heavy atom. The molecule has 0 N–H and O–H groups in total. The van der Waals surface area contributed by atoms with Crippen LogP contribution in [0.4, 0.5) is 0 Å². The molecule has 3 rings (SSSR count). The molecule has 1 atom stereocenters. The van der Waals surface area contributed by atoms with E-state index in [0.717, 1.165) is 58.7 Å². The van der Waals surface area contributed by atoms with Crippen molar-refractivity contribution in [2.75, 3.05) is 39.4 Å². The fourth-order valence-corrected chi connectivity index (χ4v) is 3.72. The minimum Gasteiger partial charge on any atom is -0.379 e. The van der Waals surface area contributed by atoms with Crippen LogP contribution in [0.3, 0.4) is 0 Å². The zero-order chi connectivity index (χ0) is 16.8. The van der Waals surface area contributed by atoms with E-state index in [1.54, 1.807) is 6.07 Å². The summed E-state index contributed by atoms with van der Waals surface area (Å²) in [6.45, 7) is 5.60. The molecule has 6 nitrogen and oxygen atoms in total. The lowest BCUT2D eigenvalue weighted by molar-refractivity contribution is -0.135. The number of carbonyl (C=O) groups is 1. The van der Waals surface area contributed by atoms with Gasteiger partial charge >= 0.3 is 0 Å². The number of likely N-dealkylation sites (tertiary alicyclic amines) is 1. The third-order valence-corrected chi connectivity index (χ3v) is 5.12. The van der Waals surface area contributed by atoms with Crippen molar-refractivity contribution in [3.63, 3.8) is 0 Å². The summed E-state index contributed by atoms with van der Waals surface area (Å²) in [7, 11) is 0. The van der Waals surface area contributed by atoms with E-state index >= 15 is 0 Å². The van der Waals surface area contributed by atoms with Gasteiger partial charge in [0.05, 0.1) is 13.2 Å². The monoisotopic (exact) mass is 355 g/mol. The molecule has 134 valence electrons. The van der Waals surface area contributed by atoms with E-state index in [2.05, 4.69) is 15.0 Å². The second kappa shape index (κ2) is 8.83. The molecule has 2 aliphatic heterocycles. The number of nitrogens with zero attached hydrogens (tertiary/aromatic N) is 3. The van der Waals surface area contributed by atoms with Gasteiger partial charge in [0.25, 0.3) is 0 Å². The van der Waals surface area contributed by atoms with Crippen LogP contribution >= 0.6 is 11.6 Å². The zero-order valence-electron chi connectivity index (χ0n) is 14.1. The molecule has 3 heterocycles. The number of aryl methyl sites for hydroxylation is 1. The van der Waals surface area contributed by atoms with Gasteiger partial charge in [0.2, 0.25) is 5.91 Å². The number of morpholine rings is 1. The van der Waals surface area contributed by atoms with Crippen molar-refractivity contribution in [2.45, 2.75) is 44.6 Å². The molecular weight excluding hydrogens is 330 g/mol. The number of carbonyl (C=O) groups excluding carboxylic acids is 1. The molecule has 0 radical (unpaired) electrons. The first-order valence-corrected chi connectivity index (χ1v) is 9.31. The second-order valence-electron chi connectivity index (χ2n) is 6.60. The molecular formula is C17H26ClN3O3. The van der Waals surface area contributed by atoms with Gasteiger partial charge < -0.3 is 14.2 Å². The Balaban J connectivity index is 1.48. The Bertz CT molecular complexity index is 531. The van der Waals surface area contributed by atoms with Crippen molar-refractivity contribution < 1.29 is 14.1 Å². The molecule has 7 heteroatoms. The van der Waals surface area contributed by atoms with Gasteiger partial charge in [-0.05, 0) is 25.7 Å². The summed E-state index contributed by atoms with van der Waals surface area (Å²) < 4.78 is 10.5. The van der Waals surface area contributed by atoms with Gasteiger partial charge in [-0.2, -0.15) is 0 Å². The van der Waals surface area contributed by atoms with Crippen molar-refractivity contribution >= 4 is 17.5 Å². The van der Waals surface area contributed by atoms with Crippen LogP contribution in [0.5, 0.6) is 0 Å². The smallest absolute Gasteiger partial charge is 0.223 e. The number of ether oxygens (including phenoxy) is 1. The summed E-state index contributed by atoms with van der Waals surface area (Å²) in [4.78, 5) is 17.2. The first kappa shape index (κ1) is 17.7. The van der Waals surface area contributed by atoms with Gasteiger partial charge in [0, 0.05) is 51.1 Å². The van der Waals surface area contributed by atoms with E-state index in [1.165, 1.54) is 6.42 Å². The van der Waals surface area contributed by atoms with E-state index < -0.39 is 0 Å². The van der Waals surface area contributed by atoms with Crippen molar-refractivity contribution in [1.29, 1.82) is 0 Å². The first-order chi connectivity index (χ1) is 11.7. The number of hydrogen-bond donors (Lipinski definition) is 0. The fraction of sp³-hybridized carbons (Fsp3) is 0.765. The molecule has 0 unspecified atom stereocenters. The normalized spacial score (nSPS) is 22.7. The number of piperidine rings is 1. The van der Waals surface area contributed by atoms with Crippen molar-refractivity contribution in [3.8, 4) is 0 Å². The number of amides is 1. The predicted molar refractivity (Wildman–Crippen MR) is 91.1 cm³/mol. The zero-order valence-corrected chi connectivity index (χ0v) is 14.8. The van der Waals surface area contributed by atoms with Gasteiger partial charge in [-0.1, -0.05) is 16.8 Å². The van der Waals surface area contributed by atoms with Crippen LogP contribution in [-0.2, 0) is 16.0 Å². The summed E-state index contributed by atoms with van der Waals surface area (Å²) in [5, 5.41) is 4.00. The molecule has 1 aromatic rings. The van der Waals surface area contributed by atoms with E-state index in [1.807, 2.05) is 0 Å². The first-order valence-electron chi connectivity index (χ1n) is 8.93. The van der Waals surface area contributed by atoms with Crippen LogP contribution in [0, 0.1) is 0 Å². The van der Waals surface area contributed by atoms with Crippen molar-refractivity contribution in [1.82, 2.24) is 15.0 Å². The second-order valence-corrected chi connectivity index (χ2v) is 6.98. The highest BCUT2D eigenvalue weighted by atomic mass is 35.5. The van der Waals surface area contributed by atoms with Crippen LogP contribution in [0.1, 0.15) is 37.9 Å². The predicted octanol–water partition coefficient (Wildman–Crippen LogP) is 2.36. The molecule has 2 fully saturated rings. The van der Waals surface area contributed by atoms with Gasteiger partial charge in [0.1, 0.15) is 5.76 Å². The topological polar surface area (TPSA) is 58.8 Å². The van der Waals surface area contributed by atoms with Crippen LogP contribution in [-0.4, -0.2) is 66.3 Å². The third-order valence-electron chi connectivity index (χ3n) is 4.95. The quantitative estimate of drug-likeness (QED) is 0.784. The number of hydrogen-bond acceptors (Lipinski definition) is 5. The van der Waals surface area contributed by atoms with Crippen molar-refractivity contribution in [2.24, 2.45) is 0 Å². The van der Waals surface area contributed by atoms with Crippen LogP contribution in [0.15, 0.2) is 10.6 Å². The van der Waals surface area contributed by atoms with E-state index in [4.69, 9.17) is 20.9 Å². The minimum absolute atomic E-state index is 0.217. The maximum Gasteiger partial charge on any atom is 0.223 e. The molecule has 0 aromatic carbocycles. The summed E-state index contributed by atoms with van der Waals surface area (Å²) >= 11 is 5.75. The summed E-state index contributed by atoms with van der Waals surface area (Å²) in [5.74, 6) is 0.893. The molecule has 1 amide bonds. The van der Waals surface area contributed by atoms with Crippen LogP contribution < -0.4 is 0 Å². The number of aromatic nitrogens is 1. The minimum atomic E-state index is 0.217. The van der Waals surface area contributed by atoms with E-state index in [9.17, 15) is 4.79 Å². The molecule has 0 saturated carbocycles. The Kier molecular flexibility index (Phi) is 6.51. The molecule has 0 spiro atoms. The molecule has 0 aliphatic carbocycles. The molecule has 2 saturated heterocycles. The SMILES string of the molecule is O=C(CCc1cc(Cl)no1)N1CCCC[C@@H]1CCN1CCOCC1. The van der Waals surface area contributed by atoms with E-state index in [0.29, 0.717) is 29.8 Å². The summed E-state index contributed by atoms with van der Waals surface area (Å²) in [6.07, 6.45) is 5.51. The van der Waals surface area contributed by atoms with Gasteiger partial charge in [-0.25, -0.2) is 0 Å². The third kappa shape index (κ3) is 4.94. The van der Waals surface area contributed by atoms with Gasteiger partial charge in [0.15, 0.2) is 5.15 Å². The molecule has 0 bridgehead atoms. The Morgan fingerprint density at radius 3 is 2.88 bits per heavy atom. The lowest BCUT2D eigenvalue weighted by atomic mass is 9.98. The molecule has 1 aromatic heterocycles. The summed E-state index contributed by atoms with van der Waals surface area (Å²) in [5.41, 5.74) is 0. The Morgan fingerprint density at radius 2 is 2.12 bits per heavy atom. The highest BCUT2D eigenvalue weighted by Crippen LogP contribution is 2.22. The van der Waals surface area contributed by atoms with Gasteiger partial charge in [-0.3, -0.25) is 9.69 Å². The average Bonchev–Trinajstić information content (AvgIpc) is 3.04. The Labute approximate surface area is 148 Å². The maximum atomic E-state index is 12.6. The Hall–Kier alpha value is -1.11.